The lowest BCUT2D eigenvalue weighted by molar-refractivity contribution is 0.166. The van der Waals surface area contributed by atoms with Gasteiger partial charge < -0.3 is 14.1 Å². The van der Waals surface area contributed by atoms with Crippen LogP contribution in [0, 0.1) is 0 Å². The number of hydrogen-bond acceptors (Lipinski definition) is 5. The van der Waals surface area contributed by atoms with Crippen LogP contribution >= 0.6 is 0 Å². The molecule has 7 nitrogen and oxygen atoms in total. The summed E-state index contributed by atoms with van der Waals surface area (Å²) < 4.78 is 37.6. The van der Waals surface area contributed by atoms with Gasteiger partial charge in [-0.3, -0.25) is 0 Å². The summed E-state index contributed by atoms with van der Waals surface area (Å²) in [6.45, 7) is 4.02. The van der Waals surface area contributed by atoms with Crippen molar-refractivity contribution in [2.24, 2.45) is 0 Å². The molecule has 1 atom stereocenters. The maximum absolute atomic E-state index is 12.4. The Hall–Kier alpha value is -1.64. The van der Waals surface area contributed by atoms with E-state index in [1.165, 1.54) is 19.6 Å². The molecule has 8 heteroatoms. The maximum Gasteiger partial charge on any atom is 0.258 e. The van der Waals surface area contributed by atoms with Gasteiger partial charge in [0, 0.05) is 13.0 Å². The Morgan fingerprint density at radius 2 is 2.24 bits per heavy atom. The van der Waals surface area contributed by atoms with E-state index < -0.39 is 16.1 Å². The first-order chi connectivity index (χ1) is 9.94. The van der Waals surface area contributed by atoms with E-state index in [-0.39, 0.29) is 17.6 Å². The normalized spacial score (nSPS) is 13.7. The summed E-state index contributed by atoms with van der Waals surface area (Å²) >= 11 is 0. The summed E-state index contributed by atoms with van der Waals surface area (Å²) in [5.41, 5.74) is 0. The second-order valence-corrected chi connectivity index (χ2v) is 6.61. The zero-order valence-electron chi connectivity index (χ0n) is 12.2. The van der Waals surface area contributed by atoms with Crippen LogP contribution in [0.2, 0.25) is 0 Å². The monoisotopic (exact) mass is 313 g/mol. The molecular weight excluding hydrogens is 294 g/mol. The number of imidazole rings is 1. The number of rotatable bonds is 7. The quantitative estimate of drug-likeness (QED) is 0.812. The Morgan fingerprint density at radius 3 is 2.76 bits per heavy atom. The molecule has 2 aromatic rings. The Morgan fingerprint density at radius 1 is 1.48 bits per heavy atom. The standard InChI is InChI=1S/C13H19N3O4S/c1-9(2)13-14-7-12(15-13)21(17,18)16-10(8-19-3)11-5-4-6-20-11/h4-7,9-10,16H,8H2,1-3H3,(H,14,15). The molecule has 116 valence electrons. The minimum atomic E-state index is -3.73. The molecule has 0 saturated heterocycles. The first-order valence-electron chi connectivity index (χ1n) is 6.53. The molecule has 1 unspecified atom stereocenters. The van der Waals surface area contributed by atoms with Gasteiger partial charge in [0.25, 0.3) is 10.0 Å². The van der Waals surface area contributed by atoms with Gasteiger partial charge in [0.2, 0.25) is 0 Å². The Bertz CT molecular complexity index is 661. The van der Waals surface area contributed by atoms with Gasteiger partial charge in [0.05, 0.1) is 19.1 Å². The third kappa shape index (κ3) is 3.72. The van der Waals surface area contributed by atoms with Gasteiger partial charge in [-0.05, 0) is 12.1 Å². The zero-order chi connectivity index (χ0) is 15.5. The summed E-state index contributed by atoms with van der Waals surface area (Å²) in [5.74, 6) is 1.23. The summed E-state index contributed by atoms with van der Waals surface area (Å²) in [7, 11) is -2.23. The van der Waals surface area contributed by atoms with E-state index in [1.807, 2.05) is 13.8 Å². The number of ether oxygens (including phenoxy) is 1. The molecule has 0 fully saturated rings. The first kappa shape index (κ1) is 15.7. The fourth-order valence-electron chi connectivity index (χ4n) is 1.83. The van der Waals surface area contributed by atoms with E-state index in [4.69, 9.17) is 9.15 Å². The molecule has 0 spiro atoms. The van der Waals surface area contributed by atoms with Crippen LogP contribution in [0.5, 0.6) is 0 Å². The summed E-state index contributed by atoms with van der Waals surface area (Å²) in [4.78, 5) is 6.88. The molecule has 0 aliphatic carbocycles. The third-order valence-corrected chi connectivity index (χ3v) is 4.31. The average Bonchev–Trinajstić information content (AvgIpc) is 3.10. The van der Waals surface area contributed by atoms with E-state index in [1.54, 1.807) is 12.1 Å². The number of sulfonamides is 1. The van der Waals surface area contributed by atoms with Gasteiger partial charge in [-0.15, -0.1) is 0 Å². The highest BCUT2D eigenvalue weighted by molar-refractivity contribution is 7.89. The lowest BCUT2D eigenvalue weighted by atomic mass is 10.2. The molecule has 0 radical (unpaired) electrons. The zero-order valence-corrected chi connectivity index (χ0v) is 13.0. The van der Waals surface area contributed by atoms with Gasteiger partial charge in [0.15, 0.2) is 5.03 Å². The van der Waals surface area contributed by atoms with Gasteiger partial charge in [0.1, 0.15) is 17.6 Å². The molecule has 0 aromatic carbocycles. The van der Waals surface area contributed by atoms with E-state index in [2.05, 4.69) is 14.7 Å². The third-order valence-electron chi connectivity index (χ3n) is 2.93. The molecule has 21 heavy (non-hydrogen) atoms. The van der Waals surface area contributed by atoms with Crippen LogP contribution in [0.4, 0.5) is 0 Å². The molecule has 2 rings (SSSR count). The SMILES string of the molecule is COCC(NS(=O)(=O)c1cnc(C(C)C)[nH]1)c1ccco1. The van der Waals surface area contributed by atoms with Crippen LogP contribution in [-0.4, -0.2) is 32.1 Å². The molecule has 2 aromatic heterocycles. The van der Waals surface area contributed by atoms with Gasteiger partial charge in [-0.2, -0.15) is 4.72 Å². The fourth-order valence-corrected chi connectivity index (χ4v) is 2.95. The second-order valence-electron chi connectivity index (χ2n) is 4.93. The molecule has 2 N–H and O–H groups in total. The molecular formula is C13H19N3O4S. The molecule has 0 bridgehead atoms. The molecule has 0 amide bonds. The van der Waals surface area contributed by atoms with Crippen LogP contribution in [0.1, 0.15) is 37.4 Å². The van der Waals surface area contributed by atoms with Crippen LogP contribution in [0.3, 0.4) is 0 Å². The number of aromatic nitrogens is 2. The first-order valence-corrected chi connectivity index (χ1v) is 8.02. The molecule has 0 aliphatic heterocycles. The van der Waals surface area contributed by atoms with Crippen molar-refractivity contribution in [2.75, 3.05) is 13.7 Å². The Labute approximate surface area is 123 Å². The molecule has 0 saturated carbocycles. The summed E-state index contributed by atoms with van der Waals surface area (Å²) in [5, 5.41) is 0.0267. The lowest BCUT2D eigenvalue weighted by Crippen LogP contribution is -2.31. The fraction of sp³-hybridized carbons (Fsp3) is 0.462. The van der Waals surface area contributed by atoms with E-state index >= 15 is 0 Å². The number of nitrogens with one attached hydrogen (secondary N) is 2. The van der Waals surface area contributed by atoms with Gasteiger partial charge in [-0.25, -0.2) is 13.4 Å². The van der Waals surface area contributed by atoms with Crippen molar-refractivity contribution in [3.8, 4) is 0 Å². The Kier molecular flexibility index (Phi) is 4.81. The highest BCUT2D eigenvalue weighted by Gasteiger charge is 2.25. The predicted molar refractivity (Wildman–Crippen MR) is 76.3 cm³/mol. The number of H-pyrrole nitrogens is 1. The predicted octanol–water partition coefficient (Wildman–Crippen LogP) is 1.79. The van der Waals surface area contributed by atoms with Crippen molar-refractivity contribution in [1.29, 1.82) is 0 Å². The van der Waals surface area contributed by atoms with Crippen molar-refractivity contribution in [3.63, 3.8) is 0 Å². The number of hydrogen-bond donors (Lipinski definition) is 2. The van der Waals surface area contributed by atoms with E-state index in [9.17, 15) is 8.42 Å². The maximum atomic E-state index is 12.4. The number of methoxy groups -OCH3 is 1. The topological polar surface area (TPSA) is 97.2 Å². The van der Waals surface area contributed by atoms with Gasteiger partial charge in [-0.1, -0.05) is 13.8 Å². The molecule has 0 aliphatic rings. The largest absolute Gasteiger partial charge is 0.468 e. The van der Waals surface area contributed by atoms with E-state index in [0.717, 1.165) is 0 Å². The lowest BCUT2D eigenvalue weighted by Gasteiger charge is -2.15. The Balaban J connectivity index is 2.21. The minimum Gasteiger partial charge on any atom is -0.468 e. The van der Waals surface area contributed by atoms with Crippen molar-refractivity contribution in [3.05, 3.63) is 36.2 Å². The highest BCUT2D eigenvalue weighted by atomic mass is 32.2. The second kappa shape index (κ2) is 6.42. The van der Waals surface area contributed by atoms with Crippen LogP contribution in [0.25, 0.3) is 0 Å². The van der Waals surface area contributed by atoms with E-state index in [0.29, 0.717) is 11.6 Å². The van der Waals surface area contributed by atoms with Gasteiger partial charge >= 0.3 is 0 Å². The van der Waals surface area contributed by atoms with Crippen molar-refractivity contribution < 1.29 is 17.6 Å². The van der Waals surface area contributed by atoms with Crippen molar-refractivity contribution in [2.45, 2.75) is 30.8 Å². The average molecular weight is 313 g/mol. The van der Waals surface area contributed by atoms with Crippen LogP contribution < -0.4 is 4.72 Å². The van der Waals surface area contributed by atoms with Crippen LogP contribution in [0.15, 0.2) is 34.0 Å². The van der Waals surface area contributed by atoms with Crippen LogP contribution in [-0.2, 0) is 14.8 Å². The van der Waals surface area contributed by atoms with Crippen molar-refractivity contribution in [1.82, 2.24) is 14.7 Å². The summed E-state index contributed by atoms with van der Waals surface area (Å²) in [6, 6.07) is 2.79. The minimum absolute atomic E-state index is 0.0267. The molecule has 2 heterocycles. The highest BCUT2D eigenvalue weighted by Crippen LogP contribution is 2.18. The van der Waals surface area contributed by atoms with Crippen molar-refractivity contribution >= 4 is 10.0 Å². The summed E-state index contributed by atoms with van der Waals surface area (Å²) in [6.07, 6.45) is 2.79. The smallest absolute Gasteiger partial charge is 0.258 e. The number of aromatic amines is 1. The number of nitrogens with zero attached hydrogens (tertiary/aromatic N) is 1. The number of furan rings is 1.